The van der Waals surface area contributed by atoms with Crippen LogP contribution in [0.3, 0.4) is 0 Å². The van der Waals surface area contributed by atoms with E-state index in [0.29, 0.717) is 12.1 Å². The Morgan fingerprint density at radius 2 is 2.19 bits per heavy atom. The lowest BCUT2D eigenvalue weighted by Gasteiger charge is -2.08. The molecule has 3 aromatic rings. The topological polar surface area (TPSA) is 57.0 Å². The Morgan fingerprint density at radius 3 is 3.00 bits per heavy atom. The van der Waals surface area contributed by atoms with E-state index < -0.39 is 0 Å². The van der Waals surface area contributed by atoms with E-state index in [0.717, 1.165) is 22.4 Å². The number of carbonyl (C=O) groups excluding carboxylic acids is 1. The van der Waals surface area contributed by atoms with Gasteiger partial charge in [-0.1, -0.05) is 12.1 Å². The largest absolute Gasteiger partial charge is 0.465 e. The number of carbonyl (C=O) groups is 1. The first kappa shape index (κ1) is 13.3. The van der Waals surface area contributed by atoms with Gasteiger partial charge in [-0.2, -0.15) is 0 Å². The zero-order chi connectivity index (χ0) is 14.8. The summed E-state index contributed by atoms with van der Waals surface area (Å²) in [6.45, 7) is 2.60. The van der Waals surface area contributed by atoms with Crippen molar-refractivity contribution in [1.29, 1.82) is 0 Å². The first-order valence-corrected chi connectivity index (χ1v) is 6.63. The molecule has 0 spiro atoms. The summed E-state index contributed by atoms with van der Waals surface area (Å²) >= 11 is 0. The fourth-order valence-corrected chi connectivity index (χ4v) is 2.39. The Balaban J connectivity index is 1.99. The molecule has 21 heavy (non-hydrogen) atoms. The third-order valence-electron chi connectivity index (χ3n) is 3.43. The van der Waals surface area contributed by atoms with Gasteiger partial charge in [0.05, 0.1) is 29.9 Å². The molecule has 0 unspecified atom stereocenters. The van der Waals surface area contributed by atoms with Crippen LogP contribution < -0.4 is 0 Å². The first-order valence-electron chi connectivity index (χ1n) is 6.63. The van der Waals surface area contributed by atoms with E-state index in [-0.39, 0.29) is 5.97 Å². The third-order valence-corrected chi connectivity index (χ3v) is 3.43. The second kappa shape index (κ2) is 5.36. The van der Waals surface area contributed by atoms with Crippen LogP contribution in [0, 0.1) is 6.92 Å². The number of hydrogen-bond acceptors (Lipinski definition) is 4. The third kappa shape index (κ3) is 2.50. The average molecular weight is 281 g/mol. The van der Waals surface area contributed by atoms with Crippen LogP contribution >= 0.6 is 0 Å². The quantitative estimate of drug-likeness (QED) is 0.692. The number of aromatic nitrogens is 3. The number of esters is 1. The molecule has 0 aliphatic heterocycles. The monoisotopic (exact) mass is 281 g/mol. The molecule has 106 valence electrons. The molecule has 0 saturated carbocycles. The minimum Gasteiger partial charge on any atom is -0.465 e. The van der Waals surface area contributed by atoms with Crippen LogP contribution in [0.25, 0.3) is 11.0 Å². The number of nitrogens with zero attached hydrogens (tertiary/aromatic N) is 3. The fraction of sp³-hybridized carbons (Fsp3) is 0.188. The van der Waals surface area contributed by atoms with Gasteiger partial charge in [-0.25, -0.2) is 9.78 Å². The van der Waals surface area contributed by atoms with E-state index in [1.807, 2.05) is 31.2 Å². The smallest absolute Gasteiger partial charge is 0.337 e. The molecule has 0 bridgehead atoms. The molecule has 0 N–H and O–H groups in total. The maximum Gasteiger partial charge on any atom is 0.337 e. The summed E-state index contributed by atoms with van der Waals surface area (Å²) in [7, 11) is 1.38. The van der Waals surface area contributed by atoms with Gasteiger partial charge in [-0.3, -0.25) is 4.98 Å². The number of benzene rings is 1. The number of hydrogen-bond donors (Lipinski definition) is 0. The highest BCUT2D eigenvalue weighted by Gasteiger charge is 2.10. The number of ether oxygens (including phenoxy) is 1. The van der Waals surface area contributed by atoms with E-state index in [2.05, 4.69) is 14.5 Å². The zero-order valence-electron chi connectivity index (χ0n) is 11.9. The molecule has 0 saturated heterocycles. The minimum atomic E-state index is -0.328. The Morgan fingerprint density at radius 1 is 1.33 bits per heavy atom. The fourth-order valence-electron chi connectivity index (χ4n) is 2.39. The molecule has 0 atom stereocenters. The van der Waals surface area contributed by atoms with Crippen LogP contribution in [0.15, 0.2) is 42.7 Å². The van der Waals surface area contributed by atoms with E-state index >= 15 is 0 Å². The van der Waals surface area contributed by atoms with Crippen molar-refractivity contribution in [3.8, 4) is 0 Å². The van der Waals surface area contributed by atoms with Gasteiger partial charge in [-0.05, 0) is 30.7 Å². The number of aryl methyl sites for hydroxylation is 1. The summed E-state index contributed by atoms with van der Waals surface area (Å²) < 4.78 is 6.83. The Kier molecular flexibility index (Phi) is 3.39. The number of fused-ring (bicyclic) bond motifs is 1. The standard InChI is InChI=1S/C16H15N3O2/c1-11-18-14-6-7-17-9-15(14)19(11)10-12-4-3-5-13(8-12)16(20)21-2/h3-9H,10H2,1-2H3. The summed E-state index contributed by atoms with van der Waals surface area (Å²) in [5.41, 5.74) is 3.48. The van der Waals surface area contributed by atoms with Crippen molar-refractivity contribution >= 4 is 17.0 Å². The van der Waals surface area contributed by atoms with Crippen molar-refractivity contribution in [1.82, 2.24) is 14.5 Å². The molecule has 1 aromatic carbocycles. The van der Waals surface area contributed by atoms with Gasteiger partial charge in [0.15, 0.2) is 0 Å². The molecule has 3 rings (SSSR count). The van der Waals surface area contributed by atoms with Crippen LogP contribution in [-0.4, -0.2) is 27.6 Å². The highest BCUT2D eigenvalue weighted by atomic mass is 16.5. The van der Waals surface area contributed by atoms with Gasteiger partial charge in [-0.15, -0.1) is 0 Å². The predicted octanol–water partition coefficient (Wildman–Crippen LogP) is 2.57. The van der Waals surface area contributed by atoms with E-state index in [9.17, 15) is 4.79 Å². The summed E-state index contributed by atoms with van der Waals surface area (Å²) in [6.07, 6.45) is 3.54. The summed E-state index contributed by atoms with van der Waals surface area (Å²) in [5, 5.41) is 0. The zero-order valence-corrected chi connectivity index (χ0v) is 11.9. The highest BCUT2D eigenvalue weighted by Crippen LogP contribution is 2.17. The summed E-state index contributed by atoms with van der Waals surface area (Å²) in [4.78, 5) is 20.3. The van der Waals surface area contributed by atoms with Gasteiger partial charge in [0, 0.05) is 12.7 Å². The lowest BCUT2D eigenvalue weighted by Crippen LogP contribution is -2.05. The van der Waals surface area contributed by atoms with E-state index in [1.54, 1.807) is 18.5 Å². The van der Waals surface area contributed by atoms with Gasteiger partial charge in [0.25, 0.3) is 0 Å². The van der Waals surface area contributed by atoms with Crippen molar-refractivity contribution < 1.29 is 9.53 Å². The molecule has 5 nitrogen and oxygen atoms in total. The molecule has 0 aliphatic rings. The van der Waals surface area contributed by atoms with Crippen molar-refractivity contribution in [3.63, 3.8) is 0 Å². The molecule has 0 amide bonds. The lowest BCUT2D eigenvalue weighted by atomic mass is 10.1. The predicted molar refractivity (Wildman–Crippen MR) is 79.1 cm³/mol. The number of methoxy groups -OCH3 is 1. The molecule has 2 heterocycles. The number of rotatable bonds is 3. The molecular weight excluding hydrogens is 266 g/mol. The summed E-state index contributed by atoms with van der Waals surface area (Å²) in [6, 6.07) is 9.31. The van der Waals surface area contributed by atoms with Crippen LogP contribution in [0.2, 0.25) is 0 Å². The van der Waals surface area contributed by atoms with Crippen molar-refractivity contribution in [2.24, 2.45) is 0 Å². The van der Waals surface area contributed by atoms with Gasteiger partial charge >= 0.3 is 5.97 Å². The molecule has 0 fully saturated rings. The average Bonchev–Trinajstić information content (AvgIpc) is 2.83. The Bertz CT molecular complexity index is 808. The number of imidazole rings is 1. The lowest BCUT2D eigenvalue weighted by molar-refractivity contribution is 0.0600. The van der Waals surface area contributed by atoms with Crippen LogP contribution in [0.4, 0.5) is 0 Å². The SMILES string of the molecule is COC(=O)c1cccc(Cn2c(C)nc3ccncc32)c1. The Labute approximate surface area is 122 Å². The van der Waals surface area contributed by atoms with Crippen LogP contribution in [0.5, 0.6) is 0 Å². The van der Waals surface area contributed by atoms with E-state index in [1.165, 1.54) is 7.11 Å². The normalized spacial score (nSPS) is 10.8. The van der Waals surface area contributed by atoms with Gasteiger partial charge in [0.2, 0.25) is 0 Å². The molecular formula is C16H15N3O2. The van der Waals surface area contributed by atoms with Crippen LogP contribution in [0.1, 0.15) is 21.7 Å². The molecule has 5 heteroatoms. The van der Waals surface area contributed by atoms with Crippen molar-refractivity contribution in [2.45, 2.75) is 13.5 Å². The molecule has 2 aromatic heterocycles. The second-order valence-corrected chi connectivity index (χ2v) is 4.80. The highest BCUT2D eigenvalue weighted by molar-refractivity contribution is 5.89. The van der Waals surface area contributed by atoms with Crippen molar-refractivity contribution in [2.75, 3.05) is 7.11 Å². The minimum absolute atomic E-state index is 0.328. The maximum atomic E-state index is 11.6. The second-order valence-electron chi connectivity index (χ2n) is 4.80. The maximum absolute atomic E-state index is 11.6. The molecule has 0 aliphatic carbocycles. The van der Waals surface area contributed by atoms with Crippen LogP contribution in [-0.2, 0) is 11.3 Å². The Hall–Kier alpha value is -2.69. The summed E-state index contributed by atoms with van der Waals surface area (Å²) in [5.74, 6) is 0.590. The molecule has 0 radical (unpaired) electrons. The first-order chi connectivity index (χ1) is 10.2. The van der Waals surface area contributed by atoms with E-state index in [4.69, 9.17) is 4.74 Å². The van der Waals surface area contributed by atoms with Gasteiger partial charge < -0.3 is 9.30 Å². The van der Waals surface area contributed by atoms with Crippen molar-refractivity contribution in [3.05, 3.63) is 59.7 Å². The number of pyridine rings is 1. The van der Waals surface area contributed by atoms with Gasteiger partial charge in [0.1, 0.15) is 5.82 Å².